The van der Waals surface area contributed by atoms with Crippen molar-refractivity contribution in [2.45, 2.75) is 36.1 Å². The molecular formula is C18H23N5O5S. The lowest BCUT2D eigenvalue weighted by Gasteiger charge is -2.39. The molecule has 0 aliphatic carbocycles. The van der Waals surface area contributed by atoms with Gasteiger partial charge in [0.25, 0.3) is 5.91 Å². The quantitative estimate of drug-likeness (QED) is 0.644. The number of piperidine rings is 2. The highest BCUT2D eigenvalue weighted by atomic mass is 32.2. The van der Waals surface area contributed by atoms with Gasteiger partial charge >= 0.3 is 6.03 Å². The zero-order valence-corrected chi connectivity index (χ0v) is 16.7. The monoisotopic (exact) mass is 421 g/mol. The van der Waals surface area contributed by atoms with Gasteiger partial charge in [0.2, 0.25) is 15.9 Å². The lowest BCUT2D eigenvalue weighted by molar-refractivity contribution is -0.140. The van der Waals surface area contributed by atoms with Crippen molar-refractivity contribution < 1.29 is 22.8 Å². The van der Waals surface area contributed by atoms with E-state index in [0.717, 1.165) is 0 Å². The molecule has 3 aliphatic heterocycles. The number of carbonyl (C=O) groups is 3. The highest BCUT2D eigenvalue weighted by molar-refractivity contribution is 7.89. The van der Waals surface area contributed by atoms with Gasteiger partial charge in [0.15, 0.2) is 0 Å². The molecular weight excluding hydrogens is 398 g/mol. The largest absolute Gasteiger partial charge is 0.342 e. The number of pyridine rings is 1. The number of likely N-dealkylation sites (tertiary alicyclic amines) is 1. The first kappa shape index (κ1) is 19.8. The lowest BCUT2D eigenvalue weighted by Crippen LogP contribution is -2.56. The minimum absolute atomic E-state index is 0.0111. The third-order valence-corrected chi connectivity index (χ3v) is 7.90. The zero-order valence-electron chi connectivity index (χ0n) is 15.8. The predicted octanol–water partition coefficient (Wildman–Crippen LogP) is -0.317. The van der Waals surface area contributed by atoms with Crippen molar-refractivity contribution >= 4 is 27.9 Å². The second-order valence-electron chi connectivity index (χ2n) is 7.68. The Hall–Kier alpha value is -2.53. The van der Waals surface area contributed by atoms with Gasteiger partial charge < -0.3 is 10.2 Å². The van der Waals surface area contributed by atoms with Crippen LogP contribution in [0.15, 0.2) is 29.4 Å². The van der Waals surface area contributed by atoms with Crippen LogP contribution in [0.25, 0.3) is 0 Å². The van der Waals surface area contributed by atoms with Crippen LogP contribution in [0.2, 0.25) is 0 Å². The molecule has 0 radical (unpaired) electrons. The minimum Gasteiger partial charge on any atom is -0.342 e. The fraction of sp³-hybridized carbons (Fsp3) is 0.556. The number of urea groups is 1. The molecule has 0 unspecified atom stereocenters. The van der Waals surface area contributed by atoms with Gasteiger partial charge in [0.1, 0.15) is 10.4 Å². The van der Waals surface area contributed by atoms with Crippen LogP contribution in [0.1, 0.15) is 25.7 Å². The molecule has 3 aliphatic rings. The third-order valence-electron chi connectivity index (χ3n) is 6.02. The maximum Gasteiger partial charge on any atom is 0.322 e. The number of rotatable bonds is 3. The van der Waals surface area contributed by atoms with Gasteiger partial charge in [-0.15, -0.1) is 0 Å². The van der Waals surface area contributed by atoms with E-state index in [2.05, 4.69) is 15.6 Å². The Balaban J connectivity index is 1.33. The molecule has 0 saturated carbocycles. The SMILES string of the molecule is O=C1NC(=O)C2(CCN(C(=O)C3CCN(S(=O)(=O)c4cccnc4)CC3)CC2)N1. The number of nitrogens with zero attached hydrogens (tertiary/aromatic N) is 3. The summed E-state index contributed by atoms with van der Waals surface area (Å²) in [5, 5.41) is 4.94. The first-order chi connectivity index (χ1) is 13.8. The number of imide groups is 1. The molecule has 1 spiro atoms. The van der Waals surface area contributed by atoms with Crippen molar-refractivity contribution in [2.24, 2.45) is 5.92 Å². The van der Waals surface area contributed by atoms with E-state index in [1.807, 2.05) is 0 Å². The average molecular weight is 421 g/mol. The Bertz CT molecular complexity index is 919. The van der Waals surface area contributed by atoms with E-state index in [4.69, 9.17) is 0 Å². The van der Waals surface area contributed by atoms with E-state index < -0.39 is 21.6 Å². The van der Waals surface area contributed by atoms with Crippen LogP contribution in [0.3, 0.4) is 0 Å². The maximum absolute atomic E-state index is 12.9. The molecule has 4 heterocycles. The molecule has 4 rings (SSSR count). The summed E-state index contributed by atoms with van der Waals surface area (Å²) in [7, 11) is -3.60. The molecule has 1 aromatic rings. The van der Waals surface area contributed by atoms with Gasteiger partial charge in [-0.2, -0.15) is 4.31 Å². The summed E-state index contributed by atoms with van der Waals surface area (Å²) < 4.78 is 26.8. The van der Waals surface area contributed by atoms with E-state index in [9.17, 15) is 22.8 Å². The summed E-state index contributed by atoms with van der Waals surface area (Å²) in [5.41, 5.74) is -0.908. The summed E-state index contributed by atoms with van der Waals surface area (Å²) in [6.45, 7) is 1.34. The third kappa shape index (κ3) is 3.60. The zero-order chi connectivity index (χ0) is 20.6. The summed E-state index contributed by atoms with van der Waals surface area (Å²) in [4.78, 5) is 42.1. The van der Waals surface area contributed by atoms with Crippen molar-refractivity contribution in [3.8, 4) is 0 Å². The fourth-order valence-corrected chi connectivity index (χ4v) is 5.67. The van der Waals surface area contributed by atoms with Crippen molar-refractivity contribution in [2.75, 3.05) is 26.2 Å². The van der Waals surface area contributed by atoms with Crippen LogP contribution in [0, 0.1) is 5.92 Å². The van der Waals surface area contributed by atoms with Gasteiger partial charge in [0, 0.05) is 44.5 Å². The average Bonchev–Trinajstić information content (AvgIpc) is 3.01. The van der Waals surface area contributed by atoms with Crippen molar-refractivity contribution in [3.05, 3.63) is 24.5 Å². The molecule has 0 atom stereocenters. The maximum atomic E-state index is 12.9. The molecule has 156 valence electrons. The smallest absolute Gasteiger partial charge is 0.322 e. The Kier molecular flexibility index (Phi) is 5.03. The molecule has 10 nitrogen and oxygen atoms in total. The van der Waals surface area contributed by atoms with Gasteiger partial charge in [0.05, 0.1) is 0 Å². The van der Waals surface area contributed by atoms with Crippen LogP contribution in [-0.4, -0.2) is 72.2 Å². The molecule has 3 fully saturated rings. The normalized spacial score (nSPS) is 23.1. The predicted molar refractivity (Wildman–Crippen MR) is 101 cm³/mol. The molecule has 0 aromatic carbocycles. The molecule has 11 heteroatoms. The van der Waals surface area contributed by atoms with Crippen molar-refractivity contribution in [1.29, 1.82) is 0 Å². The van der Waals surface area contributed by atoms with E-state index >= 15 is 0 Å². The van der Waals surface area contributed by atoms with E-state index in [1.165, 1.54) is 22.8 Å². The Morgan fingerprint density at radius 3 is 2.38 bits per heavy atom. The van der Waals surface area contributed by atoms with Crippen molar-refractivity contribution in [3.63, 3.8) is 0 Å². The van der Waals surface area contributed by atoms with E-state index in [-0.39, 0.29) is 35.7 Å². The minimum atomic E-state index is -3.60. The highest BCUT2D eigenvalue weighted by Gasteiger charge is 2.48. The van der Waals surface area contributed by atoms with Crippen LogP contribution in [0.5, 0.6) is 0 Å². The van der Waals surface area contributed by atoms with Crippen LogP contribution >= 0.6 is 0 Å². The summed E-state index contributed by atoms with van der Waals surface area (Å²) in [6.07, 6.45) is 4.52. The summed E-state index contributed by atoms with van der Waals surface area (Å²) >= 11 is 0. The number of carbonyl (C=O) groups excluding carboxylic acids is 3. The number of nitrogens with one attached hydrogen (secondary N) is 2. The number of amides is 4. The second-order valence-corrected chi connectivity index (χ2v) is 9.62. The topological polar surface area (TPSA) is 129 Å². The highest BCUT2D eigenvalue weighted by Crippen LogP contribution is 2.29. The molecule has 0 bridgehead atoms. The summed E-state index contributed by atoms with van der Waals surface area (Å²) in [6, 6.07) is 2.61. The lowest BCUT2D eigenvalue weighted by atomic mass is 9.86. The van der Waals surface area contributed by atoms with Gasteiger partial charge in [-0.3, -0.25) is 19.9 Å². The number of hydrogen-bond acceptors (Lipinski definition) is 6. The van der Waals surface area contributed by atoms with Gasteiger partial charge in [-0.05, 0) is 37.8 Å². The first-order valence-corrected chi connectivity index (χ1v) is 11.1. The molecule has 29 heavy (non-hydrogen) atoms. The molecule has 4 amide bonds. The number of aromatic nitrogens is 1. The van der Waals surface area contributed by atoms with E-state index in [0.29, 0.717) is 38.8 Å². The standard InChI is InChI=1S/C18H23N5O5S/c24-15(22-10-5-18(6-11-22)16(25)20-17(26)21-18)13-3-8-23(9-4-13)29(27,28)14-2-1-7-19-12-14/h1-2,7,12-13H,3-6,8-11H2,(H2,20,21,25,26). The van der Waals surface area contributed by atoms with Crippen LogP contribution in [-0.2, 0) is 19.6 Å². The van der Waals surface area contributed by atoms with Crippen LogP contribution < -0.4 is 10.6 Å². The van der Waals surface area contributed by atoms with Gasteiger partial charge in [-0.1, -0.05) is 0 Å². The van der Waals surface area contributed by atoms with Crippen LogP contribution in [0.4, 0.5) is 4.79 Å². The molecule has 2 N–H and O–H groups in total. The number of hydrogen-bond donors (Lipinski definition) is 2. The van der Waals surface area contributed by atoms with Crippen molar-refractivity contribution in [1.82, 2.24) is 24.8 Å². The number of sulfonamides is 1. The second kappa shape index (κ2) is 7.38. The Labute approximate surface area is 168 Å². The summed E-state index contributed by atoms with van der Waals surface area (Å²) in [5.74, 6) is -0.581. The first-order valence-electron chi connectivity index (χ1n) is 9.64. The Morgan fingerprint density at radius 2 is 1.83 bits per heavy atom. The molecule has 1 aromatic heterocycles. The van der Waals surface area contributed by atoms with Gasteiger partial charge in [-0.25, -0.2) is 13.2 Å². The Morgan fingerprint density at radius 1 is 1.14 bits per heavy atom. The van der Waals surface area contributed by atoms with E-state index in [1.54, 1.807) is 11.0 Å². The fourth-order valence-electron chi connectivity index (χ4n) is 4.24. The molecule has 3 saturated heterocycles.